The Kier molecular flexibility index (Phi) is 5.52. The van der Waals surface area contributed by atoms with Crippen molar-refractivity contribution in [1.29, 1.82) is 0 Å². The topological polar surface area (TPSA) is 42.4 Å². The van der Waals surface area contributed by atoms with Crippen molar-refractivity contribution in [2.75, 3.05) is 0 Å². The van der Waals surface area contributed by atoms with E-state index in [0.29, 0.717) is 18.1 Å². The highest BCUT2D eigenvalue weighted by atomic mass is 35.5. The Hall–Kier alpha value is -2.07. The van der Waals surface area contributed by atoms with Gasteiger partial charge in [-0.15, -0.1) is 0 Å². The van der Waals surface area contributed by atoms with Gasteiger partial charge < -0.3 is 9.64 Å². The molecule has 0 bridgehead atoms. The molecule has 0 saturated heterocycles. The molecule has 1 unspecified atom stereocenters. The van der Waals surface area contributed by atoms with Crippen LogP contribution in [-0.4, -0.2) is 27.6 Å². The van der Waals surface area contributed by atoms with Gasteiger partial charge in [0.2, 0.25) is 0 Å². The molecule has 0 saturated carbocycles. The molecule has 26 heavy (non-hydrogen) atoms. The van der Waals surface area contributed by atoms with E-state index in [9.17, 15) is 4.79 Å². The van der Waals surface area contributed by atoms with E-state index in [1.807, 2.05) is 49.9 Å². The number of carbonyl (C=O) groups excluding carboxylic acids is 1. The summed E-state index contributed by atoms with van der Waals surface area (Å²) < 4.78 is 5.64. The zero-order chi connectivity index (χ0) is 18.7. The number of amides is 1. The maximum Gasteiger partial charge on any atom is 0.410 e. The molecule has 0 N–H and O–H groups in total. The van der Waals surface area contributed by atoms with Gasteiger partial charge in [-0.2, -0.15) is 0 Å². The molecular weight excluding hydrogens is 348 g/mol. The number of hydrogen-bond donors (Lipinski definition) is 0. The zero-order valence-electron chi connectivity index (χ0n) is 15.5. The number of halogens is 1. The molecule has 5 heteroatoms. The first kappa shape index (κ1) is 18.7. The highest BCUT2D eigenvalue weighted by molar-refractivity contribution is 6.29. The molecule has 0 aliphatic carbocycles. The predicted octanol–water partition coefficient (Wildman–Crippen LogP) is 5.03. The molecule has 1 atom stereocenters. The molecular formula is C21H25ClN2O2. The normalized spacial score (nSPS) is 16.9. The van der Waals surface area contributed by atoms with E-state index < -0.39 is 5.60 Å². The number of aryl methyl sites for hydroxylation is 1. The van der Waals surface area contributed by atoms with Gasteiger partial charge in [0, 0.05) is 18.2 Å². The summed E-state index contributed by atoms with van der Waals surface area (Å²) in [5, 5.41) is 0.497. The lowest BCUT2D eigenvalue weighted by Gasteiger charge is -2.37. The van der Waals surface area contributed by atoms with E-state index in [-0.39, 0.29) is 12.1 Å². The van der Waals surface area contributed by atoms with Crippen molar-refractivity contribution in [1.82, 2.24) is 9.88 Å². The van der Waals surface area contributed by atoms with Gasteiger partial charge in [0.15, 0.2) is 0 Å². The summed E-state index contributed by atoms with van der Waals surface area (Å²) in [5.74, 6) is 0. The Morgan fingerprint density at radius 2 is 1.96 bits per heavy atom. The first-order valence-corrected chi connectivity index (χ1v) is 9.37. The lowest BCUT2D eigenvalue weighted by molar-refractivity contribution is 0.0108. The number of nitrogens with zero attached hydrogens (tertiary/aromatic N) is 2. The maximum atomic E-state index is 12.8. The molecule has 138 valence electrons. The molecule has 2 aromatic rings. The van der Waals surface area contributed by atoms with Crippen molar-refractivity contribution in [2.45, 2.75) is 58.2 Å². The van der Waals surface area contributed by atoms with Crippen molar-refractivity contribution in [3.8, 4) is 0 Å². The monoisotopic (exact) mass is 372 g/mol. The average Bonchev–Trinajstić information content (AvgIpc) is 2.58. The Bertz CT molecular complexity index is 771. The van der Waals surface area contributed by atoms with Gasteiger partial charge >= 0.3 is 6.09 Å². The predicted molar refractivity (Wildman–Crippen MR) is 103 cm³/mol. The minimum Gasteiger partial charge on any atom is -0.444 e. The van der Waals surface area contributed by atoms with Crippen LogP contribution >= 0.6 is 11.6 Å². The van der Waals surface area contributed by atoms with Crippen LogP contribution in [0.4, 0.5) is 4.79 Å². The number of rotatable bonds is 3. The fourth-order valence-corrected chi connectivity index (χ4v) is 3.41. The third kappa shape index (κ3) is 4.76. The molecule has 4 nitrogen and oxygen atoms in total. The summed E-state index contributed by atoms with van der Waals surface area (Å²) in [4.78, 5) is 19.1. The van der Waals surface area contributed by atoms with Crippen LogP contribution in [-0.2, 0) is 24.1 Å². The van der Waals surface area contributed by atoms with Gasteiger partial charge in [-0.3, -0.25) is 0 Å². The first-order valence-electron chi connectivity index (χ1n) is 9.00. The van der Waals surface area contributed by atoms with Crippen LogP contribution in [0.25, 0.3) is 0 Å². The van der Waals surface area contributed by atoms with Crippen LogP contribution in [0.5, 0.6) is 0 Å². The van der Waals surface area contributed by atoms with Gasteiger partial charge in [-0.25, -0.2) is 9.78 Å². The number of fused-ring (bicyclic) bond motifs is 1. The molecule has 0 radical (unpaired) electrons. The van der Waals surface area contributed by atoms with E-state index in [4.69, 9.17) is 16.3 Å². The third-order valence-electron chi connectivity index (χ3n) is 4.48. The second-order valence-corrected chi connectivity index (χ2v) is 8.12. The van der Waals surface area contributed by atoms with Crippen molar-refractivity contribution in [3.05, 3.63) is 64.4 Å². The molecule has 1 aliphatic heterocycles. The first-order chi connectivity index (χ1) is 12.3. The van der Waals surface area contributed by atoms with E-state index in [2.05, 4.69) is 17.1 Å². The van der Waals surface area contributed by atoms with Gasteiger partial charge in [0.1, 0.15) is 10.8 Å². The molecule has 1 aliphatic rings. The smallest absolute Gasteiger partial charge is 0.410 e. The van der Waals surface area contributed by atoms with Crippen LogP contribution in [0.3, 0.4) is 0 Å². The number of pyridine rings is 1. The molecule has 1 aromatic heterocycles. The van der Waals surface area contributed by atoms with Crippen LogP contribution in [0.1, 0.15) is 44.0 Å². The molecule has 3 rings (SSSR count). The minimum absolute atomic E-state index is 0.0449. The Balaban J connectivity index is 1.80. The lowest BCUT2D eigenvalue weighted by atomic mass is 9.94. The summed E-state index contributed by atoms with van der Waals surface area (Å²) in [6.45, 7) is 6.18. The molecule has 1 aromatic carbocycles. The van der Waals surface area contributed by atoms with E-state index in [0.717, 1.165) is 24.1 Å². The minimum atomic E-state index is -0.514. The number of aromatic nitrogens is 1. The summed E-state index contributed by atoms with van der Waals surface area (Å²) in [6, 6.07) is 14.1. The highest BCUT2D eigenvalue weighted by Gasteiger charge is 2.33. The van der Waals surface area contributed by atoms with Gasteiger partial charge in [-0.05, 0) is 50.8 Å². The maximum absolute atomic E-state index is 12.8. The molecule has 0 fully saturated rings. The second kappa shape index (κ2) is 7.67. The van der Waals surface area contributed by atoms with Crippen molar-refractivity contribution in [3.63, 3.8) is 0 Å². The Morgan fingerprint density at radius 3 is 2.65 bits per heavy atom. The number of hydrogen-bond acceptors (Lipinski definition) is 3. The second-order valence-electron chi connectivity index (χ2n) is 7.73. The van der Waals surface area contributed by atoms with Gasteiger partial charge in [0.05, 0.1) is 6.54 Å². The van der Waals surface area contributed by atoms with Gasteiger partial charge in [0.25, 0.3) is 0 Å². The van der Waals surface area contributed by atoms with Crippen molar-refractivity contribution < 1.29 is 9.53 Å². The SMILES string of the molecule is CC(C)(C)OC(=O)N1Cc2ccc(Cl)nc2CC1CCc1ccccc1. The summed E-state index contributed by atoms with van der Waals surface area (Å²) in [7, 11) is 0. The fourth-order valence-electron chi connectivity index (χ4n) is 3.24. The number of carbonyl (C=O) groups is 1. The molecule has 1 amide bonds. The van der Waals surface area contributed by atoms with Crippen molar-refractivity contribution in [2.24, 2.45) is 0 Å². The summed E-state index contributed by atoms with van der Waals surface area (Å²) in [6.07, 6.45) is 2.19. The quantitative estimate of drug-likeness (QED) is 0.709. The lowest BCUT2D eigenvalue weighted by Crippen LogP contribution is -2.47. The molecule has 2 heterocycles. The van der Waals surface area contributed by atoms with Crippen molar-refractivity contribution >= 4 is 17.7 Å². The number of ether oxygens (including phenoxy) is 1. The third-order valence-corrected chi connectivity index (χ3v) is 4.69. The van der Waals surface area contributed by atoms with Crippen LogP contribution < -0.4 is 0 Å². The van der Waals surface area contributed by atoms with Gasteiger partial charge in [-0.1, -0.05) is 48.0 Å². The highest BCUT2D eigenvalue weighted by Crippen LogP contribution is 2.27. The largest absolute Gasteiger partial charge is 0.444 e. The van der Waals surface area contributed by atoms with Crippen LogP contribution in [0, 0.1) is 0 Å². The van der Waals surface area contributed by atoms with Crippen LogP contribution in [0.2, 0.25) is 5.15 Å². The zero-order valence-corrected chi connectivity index (χ0v) is 16.3. The Labute approximate surface area is 160 Å². The average molecular weight is 373 g/mol. The van der Waals surface area contributed by atoms with E-state index >= 15 is 0 Å². The summed E-state index contributed by atoms with van der Waals surface area (Å²) in [5.41, 5.74) is 2.77. The number of benzene rings is 1. The Morgan fingerprint density at radius 1 is 1.23 bits per heavy atom. The fraction of sp³-hybridized carbons (Fsp3) is 0.429. The standard InChI is InChI=1S/C21H25ClN2O2/c1-21(2,3)26-20(25)24-14-16-10-12-19(22)23-18(16)13-17(24)11-9-15-7-5-4-6-8-15/h4-8,10,12,17H,9,11,13-14H2,1-3H3. The molecule has 0 spiro atoms. The van der Waals surface area contributed by atoms with E-state index in [1.165, 1.54) is 5.56 Å². The summed E-state index contributed by atoms with van der Waals surface area (Å²) >= 11 is 6.07. The van der Waals surface area contributed by atoms with E-state index in [1.54, 1.807) is 6.07 Å². The van der Waals surface area contributed by atoms with Crippen LogP contribution in [0.15, 0.2) is 42.5 Å².